The topological polar surface area (TPSA) is 78.9 Å². The molecule has 1 atom stereocenters. The minimum absolute atomic E-state index is 0.0294. The van der Waals surface area contributed by atoms with Gasteiger partial charge < -0.3 is 20.1 Å². The SMILES string of the molecule is CC.CC(C)CCOC(C)CCC(=O)N(C)CO.CCCCC/C=C\C/C=C\C(C)(C)CC(C)(C)C(=O)NCCCC. The smallest absolute Gasteiger partial charge is 0.225 e. The van der Waals surface area contributed by atoms with Crippen molar-refractivity contribution in [2.75, 3.05) is 26.9 Å². The van der Waals surface area contributed by atoms with Crippen LogP contribution in [0, 0.1) is 16.7 Å². The van der Waals surface area contributed by atoms with Gasteiger partial charge in [-0.1, -0.05) is 113 Å². The maximum atomic E-state index is 12.4. The van der Waals surface area contributed by atoms with Crippen LogP contribution in [0.4, 0.5) is 0 Å². The van der Waals surface area contributed by atoms with Crippen molar-refractivity contribution >= 4 is 11.8 Å². The molecule has 1 unspecified atom stereocenters. The lowest BCUT2D eigenvalue weighted by Gasteiger charge is -2.32. The Morgan fingerprint density at radius 3 is 2.10 bits per heavy atom. The summed E-state index contributed by atoms with van der Waals surface area (Å²) >= 11 is 0. The van der Waals surface area contributed by atoms with Gasteiger partial charge in [0.05, 0.1) is 6.10 Å². The Kier molecular flexibility index (Phi) is 30.0. The minimum atomic E-state index is -0.336. The molecule has 2 N–H and O–H groups in total. The summed E-state index contributed by atoms with van der Waals surface area (Å²) in [4.78, 5) is 25.0. The van der Waals surface area contributed by atoms with E-state index < -0.39 is 0 Å². The van der Waals surface area contributed by atoms with E-state index in [1.54, 1.807) is 7.05 Å². The zero-order valence-corrected chi connectivity index (χ0v) is 30.0. The Labute approximate surface area is 262 Å². The van der Waals surface area contributed by atoms with E-state index in [2.05, 4.69) is 85.0 Å². The molecule has 6 nitrogen and oxygen atoms in total. The monoisotopic (exact) mass is 597 g/mol. The normalized spacial score (nSPS) is 12.5. The second-order valence-electron chi connectivity index (χ2n) is 12.9. The summed E-state index contributed by atoms with van der Waals surface area (Å²) in [6, 6.07) is 0. The van der Waals surface area contributed by atoms with E-state index in [0.717, 1.165) is 45.3 Å². The fourth-order valence-electron chi connectivity index (χ4n) is 4.27. The van der Waals surface area contributed by atoms with E-state index in [1.807, 2.05) is 20.8 Å². The summed E-state index contributed by atoms with van der Waals surface area (Å²) in [7, 11) is 1.59. The second kappa shape index (κ2) is 28.1. The van der Waals surface area contributed by atoms with Crippen LogP contribution in [0.3, 0.4) is 0 Å². The number of allylic oxidation sites excluding steroid dienone is 4. The summed E-state index contributed by atoms with van der Waals surface area (Å²) in [5.74, 6) is 0.782. The van der Waals surface area contributed by atoms with Gasteiger partial charge in [-0.2, -0.15) is 0 Å². The quantitative estimate of drug-likeness (QED) is 0.0787. The summed E-state index contributed by atoms with van der Waals surface area (Å²) in [5.41, 5.74) is -0.306. The maximum Gasteiger partial charge on any atom is 0.225 e. The van der Waals surface area contributed by atoms with Gasteiger partial charge in [-0.05, 0) is 63.2 Å². The Balaban J connectivity index is -0.000000733. The summed E-state index contributed by atoms with van der Waals surface area (Å²) in [6.45, 7) is 24.5. The molecule has 0 bridgehead atoms. The van der Waals surface area contributed by atoms with E-state index in [4.69, 9.17) is 9.84 Å². The Hall–Kier alpha value is -1.66. The van der Waals surface area contributed by atoms with E-state index in [9.17, 15) is 9.59 Å². The largest absolute Gasteiger partial charge is 0.378 e. The van der Waals surface area contributed by atoms with Gasteiger partial charge in [0.15, 0.2) is 0 Å². The van der Waals surface area contributed by atoms with Crippen LogP contribution in [-0.4, -0.2) is 54.9 Å². The van der Waals surface area contributed by atoms with Gasteiger partial charge in [-0.15, -0.1) is 0 Å². The Morgan fingerprint density at radius 2 is 1.55 bits per heavy atom. The van der Waals surface area contributed by atoms with Crippen LogP contribution in [0.1, 0.15) is 147 Å². The molecular formula is C36H72N2O4. The molecule has 0 aromatic heterocycles. The predicted octanol–water partition coefficient (Wildman–Crippen LogP) is 9.08. The fourth-order valence-corrected chi connectivity index (χ4v) is 4.27. The molecule has 2 amide bonds. The highest BCUT2D eigenvalue weighted by molar-refractivity contribution is 5.81. The zero-order chi connectivity index (χ0) is 33.0. The van der Waals surface area contributed by atoms with Gasteiger partial charge in [0.1, 0.15) is 6.73 Å². The number of aliphatic hydroxyl groups excluding tert-OH is 1. The van der Waals surface area contributed by atoms with Crippen molar-refractivity contribution in [3.63, 3.8) is 0 Å². The van der Waals surface area contributed by atoms with Crippen LogP contribution < -0.4 is 5.32 Å². The average Bonchev–Trinajstić information content (AvgIpc) is 2.93. The number of carbonyl (C=O) groups excluding carboxylic acids is 2. The molecule has 0 aromatic rings. The van der Waals surface area contributed by atoms with E-state index >= 15 is 0 Å². The van der Waals surface area contributed by atoms with Crippen LogP contribution in [0.15, 0.2) is 24.3 Å². The van der Waals surface area contributed by atoms with Gasteiger partial charge in [0.2, 0.25) is 11.8 Å². The maximum absolute atomic E-state index is 12.4. The fraction of sp³-hybridized carbons (Fsp3) is 0.833. The first kappa shape index (κ1) is 44.8. The van der Waals surface area contributed by atoms with Crippen molar-refractivity contribution in [3.05, 3.63) is 24.3 Å². The zero-order valence-electron chi connectivity index (χ0n) is 30.0. The highest BCUT2D eigenvalue weighted by atomic mass is 16.5. The van der Waals surface area contributed by atoms with Crippen molar-refractivity contribution in [2.45, 2.75) is 153 Å². The predicted molar refractivity (Wildman–Crippen MR) is 182 cm³/mol. The molecule has 0 fully saturated rings. The third-order valence-corrected chi connectivity index (χ3v) is 6.81. The standard InChI is InChI=1S/C22H41NO.C12H25NO3.C2H6/c1-7-9-11-12-13-14-15-16-17-21(3,4)19-22(5,6)20(24)23-18-10-8-2;1-10(2)7-8-16-11(3)5-6-12(15)13(4)9-14;1-2/h13-14,16-17H,7-12,15,18-19H2,1-6H3,(H,23,24);10-11,14H,5-9H2,1-4H3;1-2H3/b14-13-,17-16-;;. The first-order valence-corrected chi connectivity index (χ1v) is 16.8. The van der Waals surface area contributed by atoms with Crippen molar-refractivity contribution < 1.29 is 19.4 Å². The lowest BCUT2D eigenvalue weighted by molar-refractivity contribution is -0.134. The van der Waals surface area contributed by atoms with E-state index in [1.165, 1.54) is 30.6 Å². The summed E-state index contributed by atoms with van der Waals surface area (Å²) in [6.07, 6.45) is 20.4. The number of hydrogen-bond acceptors (Lipinski definition) is 4. The lowest BCUT2D eigenvalue weighted by Crippen LogP contribution is -2.39. The molecular weight excluding hydrogens is 524 g/mol. The van der Waals surface area contributed by atoms with Crippen LogP contribution in [0.2, 0.25) is 0 Å². The molecule has 0 aliphatic rings. The molecule has 0 aliphatic heterocycles. The molecule has 0 heterocycles. The molecule has 0 saturated carbocycles. The van der Waals surface area contributed by atoms with Crippen molar-refractivity contribution in [1.82, 2.24) is 10.2 Å². The molecule has 0 saturated heterocycles. The number of unbranched alkanes of at least 4 members (excludes halogenated alkanes) is 4. The minimum Gasteiger partial charge on any atom is -0.378 e. The summed E-state index contributed by atoms with van der Waals surface area (Å²) in [5, 5.41) is 11.8. The molecule has 42 heavy (non-hydrogen) atoms. The Bertz CT molecular complexity index is 699. The van der Waals surface area contributed by atoms with Crippen LogP contribution in [-0.2, 0) is 14.3 Å². The summed E-state index contributed by atoms with van der Waals surface area (Å²) < 4.78 is 5.58. The van der Waals surface area contributed by atoms with E-state index in [0.29, 0.717) is 18.8 Å². The third-order valence-electron chi connectivity index (χ3n) is 6.81. The van der Waals surface area contributed by atoms with E-state index in [-0.39, 0.29) is 35.5 Å². The number of hydrogen-bond donors (Lipinski definition) is 2. The second-order valence-corrected chi connectivity index (χ2v) is 12.9. The number of nitrogens with one attached hydrogen (secondary N) is 1. The highest BCUT2D eigenvalue weighted by Crippen LogP contribution is 2.35. The molecule has 0 radical (unpaired) electrons. The van der Waals surface area contributed by atoms with Crippen LogP contribution in [0.5, 0.6) is 0 Å². The average molecular weight is 597 g/mol. The lowest BCUT2D eigenvalue weighted by atomic mass is 9.74. The van der Waals surface area contributed by atoms with Gasteiger partial charge in [0.25, 0.3) is 0 Å². The molecule has 0 aromatic carbocycles. The van der Waals surface area contributed by atoms with Gasteiger partial charge in [-0.25, -0.2) is 0 Å². The van der Waals surface area contributed by atoms with Gasteiger partial charge in [-0.3, -0.25) is 9.59 Å². The third kappa shape index (κ3) is 28.5. The number of rotatable bonds is 21. The van der Waals surface area contributed by atoms with Gasteiger partial charge in [0, 0.05) is 32.0 Å². The molecule has 0 spiro atoms. The molecule has 6 heteroatoms. The highest BCUT2D eigenvalue weighted by Gasteiger charge is 2.33. The van der Waals surface area contributed by atoms with Gasteiger partial charge >= 0.3 is 0 Å². The number of carbonyl (C=O) groups is 2. The van der Waals surface area contributed by atoms with Crippen molar-refractivity contribution in [3.8, 4) is 0 Å². The van der Waals surface area contributed by atoms with Crippen molar-refractivity contribution in [1.29, 1.82) is 0 Å². The Morgan fingerprint density at radius 1 is 0.929 bits per heavy atom. The van der Waals surface area contributed by atoms with Crippen LogP contribution >= 0.6 is 0 Å². The van der Waals surface area contributed by atoms with Crippen LogP contribution in [0.25, 0.3) is 0 Å². The number of amides is 2. The molecule has 0 aliphatic carbocycles. The first-order valence-electron chi connectivity index (χ1n) is 16.8. The molecule has 0 rings (SSSR count). The van der Waals surface area contributed by atoms with Crippen molar-refractivity contribution in [2.24, 2.45) is 16.7 Å². The number of ether oxygens (including phenoxy) is 1. The first-order chi connectivity index (χ1) is 19.7. The number of aliphatic hydroxyl groups is 1. The molecule has 250 valence electrons. The number of nitrogens with zero attached hydrogens (tertiary/aromatic N) is 1.